The molecule has 1 heterocycles. The van der Waals surface area contributed by atoms with E-state index in [9.17, 15) is 27.2 Å². The molecule has 0 radical (unpaired) electrons. The minimum Gasteiger partial charge on any atom is -0.494 e. The summed E-state index contributed by atoms with van der Waals surface area (Å²) in [5, 5.41) is 5.39. The van der Waals surface area contributed by atoms with Crippen molar-refractivity contribution in [3.63, 3.8) is 0 Å². The fourth-order valence-corrected chi connectivity index (χ4v) is 3.13. The van der Waals surface area contributed by atoms with Crippen molar-refractivity contribution in [2.75, 3.05) is 13.2 Å². The Bertz CT molecular complexity index is 948. The average molecular weight is 454 g/mol. The number of piperidine rings is 1. The lowest BCUT2D eigenvalue weighted by atomic mass is 10.1. The number of hydrogen-bond donors (Lipinski definition) is 2. The molecule has 0 spiro atoms. The molecule has 10 heteroatoms. The van der Waals surface area contributed by atoms with Crippen LogP contribution in [0.25, 0.3) is 0 Å². The summed E-state index contributed by atoms with van der Waals surface area (Å²) < 4.78 is 61.2. The molecule has 172 valence electrons. The van der Waals surface area contributed by atoms with Gasteiger partial charge in [0.25, 0.3) is 5.91 Å². The number of carbonyl (C=O) groups is 2. The predicted molar refractivity (Wildman–Crippen MR) is 107 cm³/mol. The summed E-state index contributed by atoms with van der Waals surface area (Å²) >= 11 is 0. The molecule has 2 amide bonds. The molecule has 2 aromatic carbocycles. The molecular weight excluding hydrogens is 432 g/mol. The number of benzene rings is 2. The van der Waals surface area contributed by atoms with E-state index in [0.29, 0.717) is 24.5 Å². The fourth-order valence-electron chi connectivity index (χ4n) is 3.13. The standard InChI is InChI=1S/C22H22F4N2O4/c23-14-2-7-19(18(12-14)21(30)28-15-8-10-27-20(29)13-15)32-17-5-3-16(4-6-17)31-11-1-9-22(24,25)26/h2-7,12,15H,1,8-11,13H2,(H,27,29)(H,28,30). The van der Waals surface area contributed by atoms with Gasteiger partial charge < -0.3 is 20.1 Å². The Labute approximate surface area is 181 Å². The third-order valence-corrected chi connectivity index (χ3v) is 4.69. The quantitative estimate of drug-likeness (QED) is 0.460. The first-order valence-electron chi connectivity index (χ1n) is 10.0. The van der Waals surface area contributed by atoms with Crippen LogP contribution in [0.5, 0.6) is 17.2 Å². The summed E-state index contributed by atoms with van der Waals surface area (Å²) in [6.45, 7) is 0.363. The number of carbonyl (C=O) groups excluding carboxylic acids is 2. The van der Waals surface area contributed by atoms with Crippen molar-refractivity contribution >= 4 is 11.8 Å². The number of halogens is 4. The van der Waals surface area contributed by atoms with E-state index in [1.807, 2.05) is 0 Å². The van der Waals surface area contributed by atoms with Gasteiger partial charge in [0.05, 0.1) is 12.2 Å². The predicted octanol–water partition coefficient (Wildman–Crippen LogP) is 4.35. The monoisotopic (exact) mass is 454 g/mol. The van der Waals surface area contributed by atoms with Gasteiger partial charge in [-0.2, -0.15) is 13.2 Å². The van der Waals surface area contributed by atoms with E-state index in [1.165, 1.54) is 30.3 Å². The van der Waals surface area contributed by atoms with Crippen LogP contribution in [0.15, 0.2) is 42.5 Å². The Kier molecular flexibility index (Phi) is 7.55. The van der Waals surface area contributed by atoms with E-state index in [2.05, 4.69) is 10.6 Å². The zero-order valence-electron chi connectivity index (χ0n) is 17.0. The van der Waals surface area contributed by atoms with Crippen LogP contribution >= 0.6 is 0 Å². The Morgan fingerprint density at radius 1 is 1.12 bits per heavy atom. The van der Waals surface area contributed by atoms with Gasteiger partial charge in [0, 0.05) is 25.4 Å². The largest absolute Gasteiger partial charge is 0.494 e. The maximum atomic E-state index is 13.8. The van der Waals surface area contributed by atoms with Gasteiger partial charge in [-0.15, -0.1) is 0 Å². The number of hydrogen-bond acceptors (Lipinski definition) is 4. The molecule has 0 aromatic heterocycles. The molecule has 32 heavy (non-hydrogen) atoms. The van der Waals surface area contributed by atoms with E-state index in [1.54, 1.807) is 0 Å². The van der Waals surface area contributed by atoms with Gasteiger partial charge in [0.1, 0.15) is 23.1 Å². The van der Waals surface area contributed by atoms with Crippen molar-refractivity contribution < 1.29 is 36.6 Å². The Morgan fingerprint density at radius 2 is 1.84 bits per heavy atom. The molecule has 1 aliphatic rings. The highest BCUT2D eigenvalue weighted by Gasteiger charge is 2.26. The highest BCUT2D eigenvalue weighted by molar-refractivity contribution is 5.97. The molecule has 6 nitrogen and oxygen atoms in total. The van der Waals surface area contributed by atoms with Crippen LogP contribution in [0, 0.1) is 5.82 Å². The van der Waals surface area contributed by atoms with Crippen LogP contribution in [0.4, 0.5) is 17.6 Å². The van der Waals surface area contributed by atoms with Crippen molar-refractivity contribution in [1.29, 1.82) is 0 Å². The summed E-state index contributed by atoms with van der Waals surface area (Å²) in [5.41, 5.74) is -0.0246. The second-order valence-electron chi connectivity index (χ2n) is 7.29. The third kappa shape index (κ3) is 7.14. The van der Waals surface area contributed by atoms with Crippen molar-refractivity contribution in [2.24, 2.45) is 0 Å². The van der Waals surface area contributed by atoms with Crippen molar-refractivity contribution in [1.82, 2.24) is 10.6 Å². The maximum Gasteiger partial charge on any atom is 0.389 e. The molecule has 1 saturated heterocycles. The maximum absolute atomic E-state index is 13.8. The normalized spacial score (nSPS) is 16.2. The molecule has 0 aliphatic carbocycles. The summed E-state index contributed by atoms with van der Waals surface area (Å²) in [7, 11) is 0. The summed E-state index contributed by atoms with van der Waals surface area (Å²) in [6, 6.07) is 9.25. The topological polar surface area (TPSA) is 76.7 Å². The van der Waals surface area contributed by atoms with Crippen molar-refractivity contribution in [3.05, 3.63) is 53.8 Å². The van der Waals surface area contributed by atoms with Crippen molar-refractivity contribution in [2.45, 2.75) is 37.9 Å². The fraction of sp³-hybridized carbons (Fsp3) is 0.364. The molecule has 3 rings (SSSR count). The van der Waals surface area contributed by atoms with Crippen LogP contribution in [-0.2, 0) is 4.79 Å². The number of rotatable bonds is 8. The molecule has 1 atom stereocenters. The minimum absolute atomic E-state index is 0.0246. The highest BCUT2D eigenvalue weighted by atomic mass is 19.4. The van der Waals surface area contributed by atoms with E-state index >= 15 is 0 Å². The Morgan fingerprint density at radius 3 is 2.53 bits per heavy atom. The number of nitrogens with one attached hydrogen (secondary N) is 2. The SMILES string of the molecule is O=C1CC(NC(=O)c2cc(F)ccc2Oc2ccc(OCCCC(F)(F)F)cc2)CCN1. The molecule has 0 bridgehead atoms. The van der Waals surface area contributed by atoms with Crippen LogP contribution in [0.1, 0.15) is 36.0 Å². The Balaban J connectivity index is 1.62. The molecule has 1 fully saturated rings. The minimum atomic E-state index is -4.22. The molecular formula is C22H22F4N2O4. The lowest BCUT2D eigenvalue weighted by molar-refractivity contribution is -0.136. The van der Waals surface area contributed by atoms with Crippen LogP contribution < -0.4 is 20.1 Å². The zero-order chi connectivity index (χ0) is 23.1. The van der Waals surface area contributed by atoms with Crippen molar-refractivity contribution in [3.8, 4) is 17.2 Å². The smallest absolute Gasteiger partial charge is 0.389 e. The van der Waals surface area contributed by atoms with Crippen LogP contribution in [0.3, 0.4) is 0 Å². The first-order valence-corrected chi connectivity index (χ1v) is 10.0. The zero-order valence-corrected chi connectivity index (χ0v) is 17.0. The molecule has 0 saturated carbocycles. The van der Waals surface area contributed by atoms with E-state index in [4.69, 9.17) is 9.47 Å². The van der Waals surface area contributed by atoms with Crippen LogP contribution in [0.2, 0.25) is 0 Å². The van der Waals surface area contributed by atoms with Gasteiger partial charge in [0.15, 0.2) is 0 Å². The number of alkyl halides is 3. The first-order chi connectivity index (χ1) is 15.2. The Hall–Kier alpha value is -3.30. The molecule has 2 aromatic rings. The highest BCUT2D eigenvalue weighted by Crippen LogP contribution is 2.28. The lowest BCUT2D eigenvalue weighted by Crippen LogP contribution is -2.45. The van der Waals surface area contributed by atoms with Gasteiger partial charge in [-0.3, -0.25) is 9.59 Å². The van der Waals surface area contributed by atoms with E-state index in [0.717, 1.165) is 12.1 Å². The van der Waals surface area contributed by atoms with Gasteiger partial charge in [-0.1, -0.05) is 0 Å². The van der Waals surface area contributed by atoms with Gasteiger partial charge in [-0.05, 0) is 55.3 Å². The van der Waals surface area contributed by atoms with Gasteiger partial charge in [-0.25, -0.2) is 4.39 Å². The molecule has 2 N–H and O–H groups in total. The second-order valence-corrected chi connectivity index (χ2v) is 7.29. The molecule has 1 unspecified atom stereocenters. The molecule has 1 aliphatic heterocycles. The second kappa shape index (κ2) is 10.3. The third-order valence-electron chi connectivity index (χ3n) is 4.69. The van der Waals surface area contributed by atoms with E-state index in [-0.39, 0.29) is 42.7 Å². The van der Waals surface area contributed by atoms with Gasteiger partial charge >= 0.3 is 6.18 Å². The number of ether oxygens (including phenoxy) is 2. The summed E-state index contributed by atoms with van der Waals surface area (Å²) in [5.74, 6) is -0.547. The number of amides is 2. The first kappa shape index (κ1) is 23.4. The van der Waals surface area contributed by atoms with Crippen LogP contribution in [-0.4, -0.2) is 37.2 Å². The average Bonchev–Trinajstić information content (AvgIpc) is 2.73. The summed E-state index contributed by atoms with van der Waals surface area (Å²) in [4.78, 5) is 24.2. The lowest BCUT2D eigenvalue weighted by Gasteiger charge is -2.23. The van der Waals surface area contributed by atoms with E-state index < -0.39 is 24.3 Å². The van der Waals surface area contributed by atoms with Gasteiger partial charge in [0.2, 0.25) is 5.91 Å². The summed E-state index contributed by atoms with van der Waals surface area (Å²) in [6.07, 6.45) is -4.59.